The number of urea groups is 1. The van der Waals surface area contributed by atoms with E-state index >= 15 is 0 Å². The summed E-state index contributed by atoms with van der Waals surface area (Å²) >= 11 is 0. The number of methoxy groups -OCH3 is 2. The minimum absolute atomic E-state index is 0.302. The fraction of sp³-hybridized carbons (Fsp3) is 0.273. The van der Waals surface area contributed by atoms with Crippen molar-refractivity contribution in [3.05, 3.63) is 70.9 Å². The Morgan fingerprint density at radius 1 is 1.10 bits per heavy atom. The molecular weight excluding hydrogens is 372 g/mol. The van der Waals surface area contributed by atoms with Crippen molar-refractivity contribution in [2.24, 2.45) is 0 Å². The van der Waals surface area contributed by atoms with E-state index in [1.165, 1.54) is 12.0 Å². The molecule has 152 valence electrons. The Kier molecular flexibility index (Phi) is 6.07. The van der Waals surface area contributed by atoms with E-state index in [4.69, 9.17) is 14.2 Å². The average Bonchev–Trinajstić information content (AvgIpc) is 2.75. The number of ether oxygens (including phenoxy) is 3. The highest BCUT2D eigenvalue weighted by molar-refractivity contribution is 5.94. The maximum Gasteiger partial charge on any atom is 0.337 e. The van der Waals surface area contributed by atoms with Crippen LogP contribution in [0.4, 0.5) is 4.79 Å². The minimum Gasteiger partial charge on any atom is -0.493 e. The smallest absolute Gasteiger partial charge is 0.337 e. The maximum absolute atomic E-state index is 12.4. The quantitative estimate of drug-likeness (QED) is 0.757. The third kappa shape index (κ3) is 4.18. The molecule has 29 heavy (non-hydrogen) atoms. The molecule has 1 aliphatic rings. The summed E-state index contributed by atoms with van der Waals surface area (Å²) in [6.07, 6.45) is 0. The van der Waals surface area contributed by atoms with Crippen LogP contribution in [0, 0.1) is 0 Å². The number of nitrogens with one attached hydrogen (secondary N) is 1. The number of rotatable bonds is 6. The van der Waals surface area contributed by atoms with Crippen molar-refractivity contribution in [1.29, 1.82) is 0 Å². The molecule has 0 spiro atoms. The maximum atomic E-state index is 12.4. The van der Waals surface area contributed by atoms with Crippen LogP contribution in [-0.2, 0) is 16.1 Å². The summed E-state index contributed by atoms with van der Waals surface area (Å²) in [7, 11) is 4.46. The predicted octanol–water partition coefficient (Wildman–Crippen LogP) is 3.42. The topological polar surface area (TPSA) is 77.1 Å². The van der Waals surface area contributed by atoms with E-state index in [9.17, 15) is 9.59 Å². The molecule has 7 nitrogen and oxygen atoms in total. The van der Waals surface area contributed by atoms with Crippen LogP contribution in [0.1, 0.15) is 24.1 Å². The van der Waals surface area contributed by atoms with Crippen molar-refractivity contribution in [1.82, 2.24) is 10.2 Å². The van der Waals surface area contributed by atoms with Gasteiger partial charge in [0.15, 0.2) is 11.5 Å². The molecule has 2 aromatic rings. The molecule has 0 radical (unpaired) electrons. The predicted molar refractivity (Wildman–Crippen MR) is 108 cm³/mol. The number of allylic oxidation sites excluding steroid dienone is 1. The lowest BCUT2D eigenvalue weighted by atomic mass is 9.94. The van der Waals surface area contributed by atoms with Crippen LogP contribution in [0.2, 0.25) is 0 Å². The summed E-state index contributed by atoms with van der Waals surface area (Å²) < 4.78 is 16.3. The largest absolute Gasteiger partial charge is 0.493 e. The van der Waals surface area contributed by atoms with Gasteiger partial charge < -0.3 is 24.4 Å². The van der Waals surface area contributed by atoms with Crippen molar-refractivity contribution >= 4 is 12.0 Å². The Balaban J connectivity index is 1.91. The summed E-state index contributed by atoms with van der Waals surface area (Å²) in [4.78, 5) is 26.1. The van der Waals surface area contributed by atoms with E-state index in [2.05, 4.69) is 5.32 Å². The molecule has 0 aliphatic carbocycles. The van der Waals surface area contributed by atoms with Crippen molar-refractivity contribution in [3.8, 4) is 11.5 Å². The molecule has 7 heteroatoms. The zero-order valence-corrected chi connectivity index (χ0v) is 16.9. The van der Waals surface area contributed by atoms with Crippen molar-refractivity contribution in [2.45, 2.75) is 19.6 Å². The number of esters is 1. The molecular formula is C22H24N2O5. The first-order chi connectivity index (χ1) is 14.0. The van der Waals surface area contributed by atoms with Crippen LogP contribution >= 0.6 is 0 Å². The molecule has 1 heterocycles. The standard InChI is InChI=1S/C22H24N2O5/c1-14-19(21(25)28-4)20(23-22(26)24(14)2)16-10-11-17(18(12-16)27-3)29-13-15-8-6-5-7-9-15/h5-12,20H,13H2,1-4H3,(H,23,26). The minimum atomic E-state index is -0.650. The summed E-state index contributed by atoms with van der Waals surface area (Å²) in [5.41, 5.74) is 2.63. The summed E-state index contributed by atoms with van der Waals surface area (Å²) in [5, 5.41) is 2.84. The highest BCUT2D eigenvalue weighted by Crippen LogP contribution is 2.36. The van der Waals surface area contributed by atoms with Gasteiger partial charge in [0.25, 0.3) is 0 Å². The fourth-order valence-electron chi connectivity index (χ4n) is 3.18. The van der Waals surface area contributed by atoms with E-state index < -0.39 is 12.0 Å². The second kappa shape index (κ2) is 8.68. The number of carbonyl (C=O) groups excluding carboxylic acids is 2. The van der Waals surface area contributed by atoms with Crippen molar-refractivity contribution in [2.75, 3.05) is 21.3 Å². The lowest BCUT2D eigenvalue weighted by molar-refractivity contribution is -0.136. The Bertz CT molecular complexity index is 939. The number of benzene rings is 2. The van der Waals surface area contributed by atoms with E-state index in [0.717, 1.165) is 5.56 Å². The highest BCUT2D eigenvalue weighted by Gasteiger charge is 2.35. The van der Waals surface area contributed by atoms with Gasteiger partial charge in [0.05, 0.1) is 25.8 Å². The number of amides is 2. The van der Waals surface area contributed by atoms with E-state index in [1.54, 1.807) is 39.3 Å². The third-order valence-corrected chi connectivity index (χ3v) is 4.92. The van der Waals surface area contributed by atoms with Gasteiger partial charge in [-0.05, 0) is 30.2 Å². The SMILES string of the molecule is COC(=O)C1=C(C)N(C)C(=O)NC1c1ccc(OCc2ccccc2)c(OC)c1. The van der Waals surface area contributed by atoms with Crippen LogP contribution < -0.4 is 14.8 Å². The monoisotopic (exact) mass is 396 g/mol. The highest BCUT2D eigenvalue weighted by atomic mass is 16.5. The molecule has 0 bridgehead atoms. The lowest BCUT2D eigenvalue weighted by Crippen LogP contribution is -2.46. The molecule has 2 aromatic carbocycles. The van der Waals surface area contributed by atoms with Crippen LogP contribution in [-0.4, -0.2) is 38.2 Å². The van der Waals surface area contributed by atoms with Crippen molar-refractivity contribution < 1.29 is 23.8 Å². The molecule has 0 saturated heterocycles. The van der Waals surface area contributed by atoms with Crippen LogP contribution in [0.3, 0.4) is 0 Å². The van der Waals surface area contributed by atoms with Gasteiger partial charge in [0.1, 0.15) is 6.61 Å². The Morgan fingerprint density at radius 3 is 2.48 bits per heavy atom. The molecule has 3 rings (SSSR count). The third-order valence-electron chi connectivity index (χ3n) is 4.92. The van der Waals surface area contributed by atoms with Gasteiger partial charge >= 0.3 is 12.0 Å². The number of carbonyl (C=O) groups is 2. The van der Waals surface area contributed by atoms with E-state index in [1.807, 2.05) is 30.3 Å². The average molecular weight is 396 g/mol. The van der Waals surface area contributed by atoms with Crippen LogP contribution in [0.15, 0.2) is 59.8 Å². The Hall–Kier alpha value is -3.48. The van der Waals surface area contributed by atoms with Gasteiger partial charge in [-0.15, -0.1) is 0 Å². The van der Waals surface area contributed by atoms with Crippen LogP contribution in [0.25, 0.3) is 0 Å². The zero-order chi connectivity index (χ0) is 21.0. The molecule has 1 atom stereocenters. The number of nitrogens with zero attached hydrogens (tertiary/aromatic N) is 1. The summed E-state index contributed by atoms with van der Waals surface area (Å²) in [6, 6.07) is 14.2. The summed E-state index contributed by atoms with van der Waals surface area (Å²) in [5.74, 6) is 0.580. The van der Waals surface area contributed by atoms with E-state index in [0.29, 0.717) is 34.9 Å². The van der Waals surface area contributed by atoms with Crippen LogP contribution in [0.5, 0.6) is 11.5 Å². The Labute approximate surface area is 169 Å². The molecule has 1 aliphatic heterocycles. The number of hydrogen-bond donors (Lipinski definition) is 1. The van der Waals surface area contributed by atoms with Gasteiger partial charge in [0.2, 0.25) is 0 Å². The first-order valence-corrected chi connectivity index (χ1v) is 9.14. The normalized spacial score (nSPS) is 16.3. The second-order valence-electron chi connectivity index (χ2n) is 6.62. The first-order valence-electron chi connectivity index (χ1n) is 9.14. The second-order valence-corrected chi connectivity index (χ2v) is 6.62. The van der Waals surface area contributed by atoms with Gasteiger partial charge in [-0.3, -0.25) is 0 Å². The Morgan fingerprint density at radius 2 is 1.83 bits per heavy atom. The molecule has 0 fully saturated rings. The number of hydrogen-bond acceptors (Lipinski definition) is 5. The lowest BCUT2D eigenvalue weighted by Gasteiger charge is -2.33. The molecule has 1 N–H and O–H groups in total. The van der Waals surface area contributed by atoms with Gasteiger partial charge in [0, 0.05) is 12.7 Å². The van der Waals surface area contributed by atoms with Gasteiger partial charge in [-0.2, -0.15) is 0 Å². The van der Waals surface area contributed by atoms with Crippen molar-refractivity contribution in [3.63, 3.8) is 0 Å². The zero-order valence-electron chi connectivity index (χ0n) is 16.9. The molecule has 1 unspecified atom stereocenters. The summed E-state index contributed by atoms with van der Waals surface area (Å²) in [6.45, 7) is 2.11. The van der Waals surface area contributed by atoms with Gasteiger partial charge in [-0.1, -0.05) is 36.4 Å². The fourth-order valence-corrected chi connectivity index (χ4v) is 3.18. The van der Waals surface area contributed by atoms with E-state index in [-0.39, 0.29) is 6.03 Å². The molecule has 0 saturated carbocycles. The first kappa shape index (κ1) is 20.3. The molecule has 2 amide bonds. The molecule has 0 aromatic heterocycles. The van der Waals surface area contributed by atoms with Gasteiger partial charge in [-0.25, -0.2) is 9.59 Å².